The minimum atomic E-state index is 0.543. The molecule has 11 heavy (non-hydrogen) atoms. The van der Waals surface area contributed by atoms with Crippen molar-refractivity contribution in [2.24, 2.45) is 0 Å². The minimum absolute atomic E-state index is 0.543. The predicted octanol–water partition coefficient (Wildman–Crippen LogP) is 1.44. The lowest BCUT2D eigenvalue weighted by Gasteiger charge is -2.21. The second-order valence-corrected chi connectivity index (χ2v) is 3.27. The zero-order valence-corrected chi connectivity index (χ0v) is 7.71. The summed E-state index contributed by atoms with van der Waals surface area (Å²) in [6, 6.07) is 0. The monoisotopic (exact) mass is 155 g/mol. The van der Waals surface area contributed by atoms with Gasteiger partial charge in [-0.2, -0.15) is 0 Å². The summed E-state index contributed by atoms with van der Waals surface area (Å²) >= 11 is 0. The van der Waals surface area contributed by atoms with E-state index >= 15 is 0 Å². The van der Waals surface area contributed by atoms with Gasteiger partial charge in [0.1, 0.15) is 0 Å². The molecule has 0 aliphatic carbocycles. The van der Waals surface area contributed by atoms with Crippen LogP contribution in [0.5, 0.6) is 0 Å². The molecule has 1 rings (SSSR count). The fraction of sp³-hybridized carbons (Fsp3) is 1.00. The van der Waals surface area contributed by atoms with Crippen molar-refractivity contribution >= 4 is 0 Å². The van der Waals surface area contributed by atoms with E-state index in [0.29, 0.717) is 6.17 Å². The van der Waals surface area contributed by atoms with Gasteiger partial charge in [-0.25, -0.2) is 5.32 Å². The number of hydrogen-bond acceptors (Lipinski definition) is 1. The molecule has 1 aliphatic heterocycles. The van der Waals surface area contributed by atoms with Crippen LogP contribution in [0.25, 0.3) is 0 Å². The molecule has 1 heterocycles. The predicted molar refractivity (Wildman–Crippen MR) is 47.6 cm³/mol. The normalized spacial score (nSPS) is 26.2. The number of nitrogens with zero attached hydrogens (tertiary/aromatic N) is 2. The van der Waals surface area contributed by atoms with Crippen LogP contribution in [-0.2, 0) is 0 Å². The summed E-state index contributed by atoms with van der Waals surface area (Å²) in [5.41, 5.74) is 0. The Balaban J connectivity index is 2.20. The highest BCUT2D eigenvalue weighted by Crippen LogP contribution is 2.15. The average molecular weight is 155 g/mol. The molecule has 1 fully saturated rings. The summed E-state index contributed by atoms with van der Waals surface area (Å²) in [7, 11) is 1.94. The van der Waals surface area contributed by atoms with Crippen LogP contribution in [0.15, 0.2) is 0 Å². The Bertz CT molecular complexity index is 104. The van der Waals surface area contributed by atoms with Gasteiger partial charge in [-0.3, -0.25) is 4.90 Å². The van der Waals surface area contributed by atoms with Gasteiger partial charge < -0.3 is 0 Å². The van der Waals surface area contributed by atoms with Crippen molar-refractivity contribution in [2.45, 2.75) is 38.8 Å². The van der Waals surface area contributed by atoms with E-state index in [2.05, 4.69) is 17.1 Å². The third kappa shape index (κ3) is 2.46. The standard InChI is InChI=1S/C9H19N2/c1-3-4-7-11-8-5-6-9(11)10-2/h9H,3-8H2,1-2H3. The molecule has 0 N–H and O–H groups in total. The van der Waals surface area contributed by atoms with E-state index in [9.17, 15) is 0 Å². The molecule has 1 radical (unpaired) electrons. The first-order valence-electron chi connectivity index (χ1n) is 4.71. The van der Waals surface area contributed by atoms with Crippen LogP contribution < -0.4 is 5.32 Å². The molecule has 1 atom stereocenters. The first-order chi connectivity index (χ1) is 5.38. The maximum Gasteiger partial charge on any atom is 0.0758 e. The molecule has 65 valence electrons. The Morgan fingerprint density at radius 2 is 2.36 bits per heavy atom. The van der Waals surface area contributed by atoms with Crippen molar-refractivity contribution in [2.75, 3.05) is 20.1 Å². The minimum Gasteiger partial charge on any atom is -0.287 e. The van der Waals surface area contributed by atoms with Crippen LogP contribution in [0.4, 0.5) is 0 Å². The summed E-state index contributed by atoms with van der Waals surface area (Å²) in [4.78, 5) is 2.50. The molecule has 0 spiro atoms. The maximum absolute atomic E-state index is 4.35. The smallest absolute Gasteiger partial charge is 0.0758 e. The molecule has 2 heteroatoms. The lowest BCUT2D eigenvalue weighted by Crippen LogP contribution is -2.35. The van der Waals surface area contributed by atoms with Gasteiger partial charge in [-0.15, -0.1) is 0 Å². The molecule has 0 aromatic carbocycles. The second kappa shape index (κ2) is 4.73. The van der Waals surface area contributed by atoms with Gasteiger partial charge in [0.05, 0.1) is 6.17 Å². The first kappa shape index (κ1) is 9.01. The van der Waals surface area contributed by atoms with Crippen LogP contribution in [-0.4, -0.2) is 31.2 Å². The van der Waals surface area contributed by atoms with Gasteiger partial charge in [0.15, 0.2) is 0 Å². The fourth-order valence-electron chi connectivity index (χ4n) is 1.72. The molecule has 0 aromatic rings. The Morgan fingerprint density at radius 1 is 1.55 bits per heavy atom. The molecule has 1 saturated heterocycles. The molecule has 0 saturated carbocycles. The van der Waals surface area contributed by atoms with Crippen molar-refractivity contribution in [1.82, 2.24) is 10.2 Å². The van der Waals surface area contributed by atoms with E-state index in [1.165, 1.54) is 38.8 Å². The number of rotatable bonds is 4. The Morgan fingerprint density at radius 3 is 3.00 bits per heavy atom. The van der Waals surface area contributed by atoms with Crippen LogP contribution in [0.1, 0.15) is 32.6 Å². The van der Waals surface area contributed by atoms with Crippen molar-refractivity contribution in [3.8, 4) is 0 Å². The van der Waals surface area contributed by atoms with E-state index in [1.54, 1.807) is 0 Å². The third-order valence-electron chi connectivity index (χ3n) is 2.43. The first-order valence-corrected chi connectivity index (χ1v) is 4.71. The van der Waals surface area contributed by atoms with Gasteiger partial charge in [0, 0.05) is 7.05 Å². The molecule has 0 aromatic heterocycles. The van der Waals surface area contributed by atoms with E-state index in [1.807, 2.05) is 7.05 Å². The van der Waals surface area contributed by atoms with Gasteiger partial charge >= 0.3 is 0 Å². The molecule has 1 aliphatic rings. The Hall–Kier alpha value is -0.0800. The highest BCUT2D eigenvalue weighted by molar-refractivity contribution is 4.75. The third-order valence-corrected chi connectivity index (χ3v) is 2.43. The second-order valence-electron chi connectivity index (χ2n) is 3.27. The van der Waals surface area contributed by atoms with Crippen LogP contribution in [0.2, 0.25) is 0 Å². The molecular formula is C9H19N2. The molecule has 0 bridgehead atoms. The average Bonchev–Trinajstić information content (AvgIpc) is 2.47. The lowest BCUT2D eigenvalue weighted by atomic mass is 10.3. The van der Waals surface area contributed by atoms with Crippen molar-refractivity contribution in [3.05, 3.63) is 0 Å². The summed E-state index contributed by atoms with van der Waals surface area (Å²) in [5, 5.41) is 4.35. The summed E-state index contributed by atoms with van der Waals surface area (Å²) in [6.07, 6.45) is 5.78. The van der Waals surface area contributed by atoms with Crippen LogP contribution >= 0.6 is 0 Å². The van der Waals surface area contributed by atoms with Crippen molar-refractivity contribution in [1.29, 1.82) is 0 Å². The molecular weight excluding hydrogens is 136 g/mol. The molecule has 1 unspecified atom stereocenters. The van der Waals surface area contributed by atoms with Gasteiger partial charge in [-0.05, 0) is 32.4 Å². The number of likely N-dealkylation sites (tertiary alicyclic amines) is 1. The molecule has 0 amide bonds. The fourth-order valence-corrected chi connectivity index (χ4v) is 1.72. The zero-order chi connectivity index (χ0) is 8.10. The van der Waals surface area contributed by atoms with E-state index < -0.39 is 0 Å². The van der Waals surface area contributed by atoms with Gasteiger partial charge in [0.2, 0.25) is 0 Å². The summed E-state index contributed by atoms with van der Waals surface area (Å²) in [5.74, 6) is 0. The van der Waals surface area contributed by atoms with Crippen LogP contribution in [0.3, 0.4) is 0 Å². The Kier molecular flexibility index (Phi) is 3.87. The highest BCUT2D eigenvalue weighted by atomic mass is 15.3. The van der Waals surface area contributed by atoms with E-state index in [-0.39, 0.29) is 0 Å². The largest absolute Gasteiger partial charge is 0.287 e. The maximum atomic E-state index is 4.35. The van der Waals surface area contributed by atoms with E-state index in [0.717, 1.165) is 0 Å². The zero-order valence-electron chi connectivity index (χ0n) is 7.71. The highest BCUT2D eigenvalue weighted by Gasteiger charge is 2.22. The lowest BCUT2D eigenvalue weighted by molar-refractivity contribution is 0.222. The van der Waals surface area contributed by atoms with Gasteiger partial charge in [-0.1, -0.05) is 13.3 Å². The quantitative estimate of drug-likeness (QED) is 0.600. The number of hydrogen-bond donors (Lipinski definition) is 0. The van der Waals surface area contributed by atoms with E-state index in [4.69, 9.17) is 0 Å². The number of unbranched alkanes of at least 4 members (excludes halogenated alkanes) is 1. The van der Waals surface area contributed by atoms with Crippen molar-refractivity contribution < 1.29 is 0 Å². The molecule has 2 nitrogen and oxygen atoms in total. The van der Waals surface area contributed by atoms with Crippen molar-refractivity contribution in [3.63, 3.8) is 0 Å². The van der Waals surface area contributed by atoms with Crippen LogP contribution in [0, 0.1) is 0 Å². The topological polar surface area (TPSA) is 17.3 Å². The summed E-state index contributed by atoms with van der Waals surface area (Å²) < 4.78 is 0. The summed E-state index contributed by atoms with van der Waals surface area (Å²) in [6.45, 7) is 4.76. The SMILES string of the molecule is CCCCN1CCCC1[N]C. The van der Waals surface area contributed by atoms with Gasteiger partial charge in [0.25, 0.3) is 0 Å². The Labute approximate surface area is 70.0 Å².